The van der Waals surface area contributed by atoms with Crippen LogP contribution < -0.4 is 0 Å². The molecule has 0 fully saturated rings. The van der Waals surface area contributed by atoms with Gasteiger partial charge in [-0.25, -0.2) is 4.79 Å². The third kappa shape index (κ3) is 2.08. The lowest BCUT2D eigenvalue weighted by molar-refractivity contribution is -0.146. The van der Waals surface area contributed by atoms with E-state index in [1.807, 2.05) is 0 Å². The van der Waals surface area contributed by atoms with Crippen molar-refractivity contribution < 1.29 is 19.1 Å². The van der Waals surface area contributed by atoms with Gasteiger partial charge in [0.05, 0.1) is 11.1 Å². The van der Waals surface area contributed by atoms with Crippen LogP contribution in [-0.2, 0) is 9.53 Å². The number of hydrogen-bond donors (Lipinski definition) is 0. The summed E-state index contributed by atoms with van der Waals surface area (Å²) in [6.07, 6.45) is 4.98. The van der Waals surface area contributed by atoms with Crippen LogP contribution in [0.4, 0.5) is 0 Å². The van der Waals surface area contributed by atoms with Crippen LogP contribution in [0.2, 0.25) is 0 Å². The second-order valence-electron chi connectivity index (χ2n) is 4.01. The number of esters is 1. The molecule has 1 aromatic carbocycles. The number of hydrogen-bond acceptors (Lipinski definition) is 4. The Bertz CT molecular complexity index is 565. The molecule has 5 nitrogen and oxygen atoms in total. The smallest absolute Gasteiger partial charge is 0.330 e. The molecule has 0 unspecified atom stereocenters. The SMILES string of the molecule is C#CCOC(=O)[C@H](C)N1C(=O)c2ccccc2C1=O. The summed E-state index contributed by atoms with van der Waals surface area (Å²) in [6, 6.07) is 5.43. The molecular formula is C14H11NO4. The van der Waals surface area contributed by atoms with Gasteiger partial charge in [0.25, 0.3) is 11.8 Å². The molecule has 1 heterocycles. The fourth-order valence-electron chi connectivity index (χ4n) is 1.90. The zero-order valence-electron chi connectivity index (χ0n) is 10.3. The van der Waals surface area contributed by atoms with E-state index in [2.05, 4.69) is 5.92 Å². The summed E-state index contributed by atoms with van der Waals surface area (Å²) in [5, 5.41) is 0. The topological polar surface area (TPSA) is 63.7 Å². The van der Waals surface area contributed by atoms with Gasteiger partial charge in [0.2, 0.25) is 0 Å². The summed E-state index contributed by atoms with van der Waals surface area (Å²) >= 11 is 0. The summed E-state index contributed by atoms with van der Waals surface area (Å²) in [6.45, 7) is 1.24. The molecule has 1 aliphatic heterocycles. The number of ether oxygens (including phenoxy) is 1. The van der Waals surface area contributed by atoms with Crippen LogP contribution in [-0.4, -0.2) is 35.3 Å². The quantitative estimate of drug-likeness (QED) is 0.457. The maximum absolute atomic E-state index is 12.1. The second-order valence-corrected chi connectivity index (χ2v) is 4.01. The monoisotopic (exact) mass is 257 g/mol. The third-order valence-corrected chi connectivity index (χ3v) is 2.85. The van der Waals surface area contributed by atoms with E-state index in [9.17, 15) is 14.4 Å². The standard InChI is InChI=1S/C14H11NO4/c1-3-8-19-14(18)9(2)15-12(16)10-6-4-5-7-11(10)13(15)17/h1,4-7,9H,8H2,2H3/t9-/m0/s1. The van der Waals surface area contributed by atoms with Crippen molar-refractivity contribution in [3.8, 4) is 12.3 Å². The molecule has 1 aliphatic rings. The van der Waals surface area contributed by atoms with Crippen LogP contribution in [0, 0.1) is 12.3 Å². The molecule has 0 saturated heterocycles. The minimum Gasteiger partial charge on any atom is -0.451 e. The molecule has 2 rings (SSSR count). The van der Waals surface area contributed by atoms with Crippen LogP contribution in [0.15, 0.2) is 24.3 Å². The molecule has 5 heteroatoms. The first-order chi connectivity index (χ1) is 9.07. The van der Waals surface area contributed by atoms with Gasteiger partial charge in [0, 0.05) is 0 Å². The maximum atomic E-state index is 12.1. The van der Waals surface area contributed by atoms with E-state index in [0.717, 1.165) is 4.90 Å². The van der Waals surface area contributed by atoms with Gasteiger partial charge < -0.3 is 4.74 Å². The first-order valence-electron chi connectivity index (χ1n) is 5.65. The Labute approximate surface area is 110 Å². The van der Waals surface area contributed by atoms with Gasteiger partial charge in [-0.05, 0) is 19.1 Å². The normalized spacial score (nSPS) is 14.8. The fourth-order valence-corrected chi connectivity index (χ4v) is 1.90. The number of nitrogens with zero attached hydrogens (tertiary/aromatic N) is 1. The molecule has 2 amide bonds. The summed E-state index contributed by atoms with van der Waals surface area (Å²) in [5.74, 6) is 0.461. The van der Waals surface area contributed by atoms with Gasteiger partial charge >= 0.3 is 5.97 Å². The highest BCUT2D eigenvalue weighted by Gasteiger charge is 2.41. The molecule has 1 atom stereocenters. The molecule has 96 valence electrons. The molecule has 0 saturated carbocycles. The minimum atomic E-state index is -0.999. The number of rotatable bonds is 3. The van der Waals surface area contributed by atoms with Crippen molar-refractivity contribution >= 4 is 17.8 Å². The minimum absolute atomic E-state index is 0.188. The zero-order valence-corrected chi connectivity index (χ0v) is 10.3. The Balaban J connectivity index is 2.25. The van der Waals surface area contributed by atoms with E-state index in [1.54, 1.807) is 24.3 Å². The van der Waals surface area contributed by atoms with Gasteiger partial charge in [-0.3, -0.25) is 14.5 Å². The molecule has 0 spiro atoms. The predicted molar refractivity (Wildman–Crippen MR) is 66.2 cm³/mol. The molecule has 0 radical (unpaired) electrons. The molecule has 0 aliphatic carbocycles. The van der Waals surface area contributed by atoms with Crippen molar-refractivity contribution in [2.45, 2.75) is 13.0 Å². The Morgan fingerprint density at radius 3 is 2.32 bits per heavy atom. The number of benzene rings is 1. The third-order valence-electron chi connectivity index (χ3n) is 2.85. The highest BCUT2D eigenvalue weighted by atomic mass is 16.5. The zero-order chi connectivity index (χ0) is 14.0. The number of carbonyl (C=O) groups excluding carboxylic acids is 3. The van der Waals surface area contributed by atoms with Crippen LogP contribution in [0.3, 0.4) is 0 Å². The van der Waals surface area contributed by atoms with Crippen molar-refractivity contribution in [1.82, 2.24) is 4.90 Å². The van der Waals surface area contributed by atoms with Crippen molar-refractivity contribution in [1.29, 1.82) is 0 Å². The Hall–Kier alpha value is -2.61. The van der Waals surface area contributed by atoms with Crippen molar-refractivity contribution in [2.24, 2.45) is 0 Å². The van der Waals surface area contributed by atoms with E-state index >= 15 is 0 Å². The van der Waals surface area contributed by atoms with Crippen LogP contribution >= 0.6 is 0 Å². The predicted octanol–water partition coefficient (Wildman–Crippen LogP) is 0.848. The van der Waals surface area contributed by atoms with E-state index < -0.39 is 23.8 Å². The Kier molecular flexibility index (Phi) is 3.34. The lowest BCUT2D eigenvalue weighted by Crippen LogP contribution is -2.43. The van der Waals surface area contributed by atoms with Crippen LogP contribution in [0.1, 0.15) is 27.6 Å². The Morgan fingerprint density at radius 1 is 1.32 bits per heavy atom. The second kappa shape index (κ2) is 4.94. The first-order valence-corrected chi connectivity index (χ1v) is 5.65. The van der Waals surface area contributed by atoms with Gasteiger partial charge in [-0.2, -0.15) is 0 Å². The fraction of sp³-hybridized carbons (Fsp3) is 0.214. The number of imide groups is 1. The van der Waals surface area contributed by atoms with Gasteiger partial charge in [0.1, 0.15) is 6.04 Å². The van der Waals surface area contributed by atoms with Gasteiger partial charge in [-0.15, -0.1) is 6.42 Å². The van der Waals surface area contributed by atoms with E-state index in [0.29, 0.717) is 11.1 Å². The van der Waals surface area contributed by atoms with Gasteiger partial charge in [0.15, 0.2) is 6.61 Å². The first kappa shape index (κ1) is 12.8. The highest BCUT2D eigenvalue weighted by Crippen LogP contribution is 2.24. The van der Waals surface area contributed by atoms with Gasteiger partial charge in [-0.1, -0.05) is 18.1 Å². The summed E-state index contributed by atoms with van der Waals surface area (Å²) in [5.41, 5.74) is 0.591. The molecule has 0 bridgehead atoms. The highest BCUT2D eigenvalue weighted by molar-refractivity contribution is 6.22. The molecule has 1 aromatic rings. The Morgan fingerprint density at radius 2 is 1.84 bits per heavy atom. The van der Waals surface area contributed by atoms with Crippen molar-refractivity contribution in [2.75, 3.05) is 6.61 Å². The molecular weight excluding hydrogens is 246 g/mol. The summed E-state index contributed by atoms with van der Waals surface area (Å²) in [7, 11) is 0. The van der Waals surface area contributed by atoms with E-state index in [1.165, 1.54) is 6.92 Å². The molecule has 19 heavy (non-hydrogen) atoms. The number of amides is 2. The number of terminal acetylenes is 1. The largest absolute Gasteiger partial charge is 0.451 e. The maximum Gasteiger partial charge on any atom is 0.330 e. The lowest BCUT2D eigenvalue weighted by atomic mass is 10.1. The summed E-state index contributed by atoms with van der Waals surface area (Å²) in [4.78, 5) is 36.7. The molecule has 0 aromatic heterocycles. The molecule has 0 N–H and O–H groups in total. The average molecular weight is 257 g/mol. The lowest BCUT2D eigenvalue weighted by Gasteiger charge is -2.20. The summed E-state index contributed by atoms with van der Waals surface area (Å²) < 4.78 is 4.74. The van der Waals surface area contributed by atoms with Crippen LogP contribution in [0.25, 0.3) is 0 Å². The number of carbonyl (C=O) groups is 3. The van der Waals surface area contributed by atoms with Crippen molar-refractivity contribution in [3.05, 3.63) is 35.4 Å². The van der Waals surface area contributed by atoms with E-state index in [4.69, 9.17) is 11.2 Å². The van der Waals surface area contributed by atoms with Crippen molar-refractivity contribution in [3.63, 3.8) is 0 Å². The van der Waals surface area contributed by atoms with Crippen LogP contribution in [0.5, 0.6) is 0 Å². The van der Waals surface area contributed by atoms with E-state index in [-0.39, 0.29) is 6.61 Å². The number of fused-ring (bicyclic) bond motifs is 1. The average Bonchev–Trinajstić information content (AvgIpc) is 2.68.